The first-order valence-corrected chi connectivity index (χ1v) is 5.17. The van der Waals surface area contributed by atoms with E-state index in [0.717, 1.165) is 5.56 Å². The Morgan fingerprint density at radius 3 is 2.81 bits per heavy atom. The molecule has 0 heterocycles. The van der Waals surface area contributed by atoms with Gasteiger partial charge in [-0.2, -0.15) is 0 Å². The molecule has 1 unspecified atom stereocenters. The summed E-state index contributed by atoms with van der Waals surface area (Å²) in [5.74, 6) is -0.881. The third kappa shape index (κ3) is 2.79. The van der Waals surface area contributed by atoms with Crippen molar-refractivity contribution in [1.29, 1.82) is 0 Å². The van der Waals surface area contributed by atoms with E-state index in [1.165, 1.54) is 13.2 Å². The fourth-order valence-corrected chi connectivity index (χ4v) is 1.53. The normalized spacial score (nSPS) is 12.2. The number of halogens is 1. The number of aryl methyl sites for hydroxylation is 1. The third-order valence-corrected chi connectivity index (χ3v) is 2.31. The van der Waals surface area contributed by atoms with Crippen molar-refractivity contribution in [2.75, 3.05) is 13.7 Å². The number of carbonyl (C=O) groups excluding carboxylic acids is 1. The molecule has 0 bridgehead atoms. The fraction of sp³-hybridized carbons (Fsp3) is 0.417. The molecule has 0 aliphatic carbocycles. The zero-order valence-electron chi connectivity index (χ0n) is 9.71. The lowest BCUT2D eigenvalue weighted by atomic mass is 10.0. The largest absolute Gasteiger partial charge is 0.468 e. The number of nitrogens with one attached hydrogen (secondary N) is 1. The van der Waals surface area contributed by atoms with Crippen LogP contribution in [-0.4, -0.2) is 19.6 Å². The number of likely N-dealkylation sites (N-methyl/N-ethyl adjacent to an activating group) is 1. The first kappa shape index (κ1) is 12.6. The van der Waals surface area contributed by atoms with Crippen molar-refractivity contribution in [2.24, 2.45) is 0 Å². The van der Waals surface area contributed by atoms with Crippen LogP contribution in [0.1, 0.15) is 24.1 Å². The van der Waals surface area contributed by atoms with Gasteiger partial charge in [0.05, 0.1) is 7.11 Å². The Hall–Kier alpha value is -1.42. The molecule has 0 aliphatic heterocycles. The van der Waals surface area contributed by atoms with Crippen molar-refractivity contribution in [2.45, 2.75) is 19.9 Å². The van der Waals surface area contributed by atoms with Gasteiger partial charge in [-0.3, -0.25) is 0 Å². The summed E-state index contributed by atoms with van der Waals surface area (Å²) in [6.07, 6.45) is 0. The van der Waals surface area contributed by atoms with Gasteiger partial charge in [0.2, 0.25) is 0 Å². The van der Waals surface area contributed by atoms with Crippen molar-refractivity contribution in [3.8, 4) is 0 Å². The predicted octanol–water partition coefficient (Wildman–Crippen LogP) is 1.96. The maximum absolute atomic E-state index is 13.6. The van der Waals surface area contributed by atoms with Crippen molar-refractivity contribution < 1.29 is 13.9 Å². The Labute approximate surface area is 94.6 Å². The van der Waals surface area contributed by atoms with Crippen LogP contribution in [0.5, 0.6) is 0 Å². The van der Waals surface area contributed by atoms with Gasteiger partial charge in [0.25, 0.3) is 0 Å². The van der Waals surface area contributed by atoms with Crippen LogP contribution in [0, 0.1) is 12.7 Å². The van der Waals surface area contributed by atoms with Crippen LogP contribution in [0.2, 0.25) is 0 Å². The highest BCUT2D eigenvalue weighted by Crippen LogP contribution is 2.19. The Balaban J connectivity index is 3.09. The number of benzene rings is 1. The average Bonchev–Trinajstić information content (AvgIpc) is 2.28. The molecule has 1 rings (SSSR count). The Bertz CT molecular complexity index is 379. The highest BCUT2D eigenvalue weighted by Gasteiger charge is 2.23. The molecule has 0 spiro atoms. The number of methoxy groups -OCH3 is 1. The molecule has 0 aromatic heterocycles. The first-order valence-electron chi connectivity index (χ1n) is 5.17. The monoisotopic (exact) mass is 225 g/mol. The Morgan fingerprint density at radius 1 is 1.56 bits per heavy atom. The highest BCUT2D eigenvalue weighted by molar-refractivity contribution is 5.77. The molecule has 0 saturated heterocycles. The van der Waals surface area contributed by atoms with Gasteiger partial charge in [-0.05, 0) is 19.5 Å². The van der Waals surface area contributed by atoms with Crippen molar-refractivity contribution in [3.05, 3.63) is 35.1 Å². The molecule has 1 aromatic carbocycles. The van der Waals surface area contributed by atoms with Gasteiger partial charge in [-0.15, -0.1) is 0 Å². The summed E-state index contributed by atoms with van der Waals surface area (Å²) >= 11 is 0. The number of ether oxygens (including phenoxy) is 1. The van der Waals surface area contributed by atoms with Gasteiger partial charge in [0.1, 0.15) is 11.9 Å². The number of esters is 1. The predicted molar refractivity (Wildman–Crippen MR) is 59.6 cm³/mol. The Kier molecular flexibility index (Phi) is 4.43. The standard InChI is InChI=1S/C12H16FNO2/c1-4-14-11(12(15)16-3)9-7-8(2)5-6-10(9)13/h5-7,11,14H,4H2,1-3H3. The lowest BCUT2D eigenvalue weighted by Crippen LogP contribution is -2.30. The van der Waals surface area contributed by atoms with E-state index in [1.54, 1.807) is 12.1 Å². The van der Waals surface area contributed by atoms with E-state index in [4.69, 9.17) is 0 Å². The van der Waals surface area contributed by atoms with E-state index >= 15 is 0 Å². The lowest BCUT2D eigenvalue weighted by Gasteiger charge is -2.16. The summed E-state index contributed by atoms with van der Waals surface area (Å²) in [4.78, 5) is 11.5. The first-order chi connectivity index (χ1) is 7.60. The maximum atomic E-state index is 13.6. The van der Waals surface area contributed by atoms with E-state index in [2.05, 4.69) is 10.1 Å². The lowest BCUT2D eigenvalue weighted by molar-refractivity contribution is -0.143. The van der Waals surface area contributed by atoms with Gasteiger partial charge >= 0.3 is 5.97 Å². The van der Waals surface area contributed by atoms with E-state index in [1.807, 2.05) is 13.8 Å². The van der Waals surface area contributed by atoms with Gasteiger partial charge in [-0.1, -0.05) is 24.6 Å². The minimum Gasteiger partial charge on any atom is -0.468 e. The third-order valence-electron chi connectivity index (χ3n) is 2.31. The van der Waals surface area contributed by atoms with Crippen LogP contribution in [0.3, 0.4) is 0 Å². The quantitative estimate of drug-likeness (QED) is 0.796. The summed E-state index contributed by atoms with van der Waals surface area (Å²) < 4.78 is 18.2. The number of carbonyl (C=O) groups is 1. The molecule has 1 aromatic rings. The van der Waals surface area contributed by atoms with Crippen molar-refractivity contribution in [1.82, 2.24) is 5.32 Å². The zero-order valence-corrected chi connectivity index (χ0v) is 9.71. The van der Waals surface area contributed by atoms with E-state index in [0.29, 0.717) is 12.1 Å². The molecule has 4 heteroatoms. The average molecular weight is 225 g/mol. The molecule has 0 fully saturated rings. The Morgan fingerprint density at radius 2 is 2.25 bits per heavy atom. The number of hydrogen-bond acceptors (Lipinski definition) is 3. The van der Waals surface area contributed by atoms with Crippen LogP contribution >= 0.6 is 0 Å². The SMILES string of the molecule is CCNC(C(=O)OC)c1cc(C)ccc1F. The molecule has 0 aliphatic rings. The minimum absolute atomic E-state index is 0.328. The molecule has 16 heavy (non-hydrogen) atoms. The van der Waals surface area contributed by atoms with Crippen molar-refractivity contribution in [3.63, 3.8) is 0 Å². The topological polar surface area (TPSA) is 38.3 Å². The molecule has 0 saturated carbocycles. The molecular formula is C12H16FNO2. The van der Waals surface area contributed by atoms with Gasteiger partial charge in [-0.25, -0.2) is 9.18 Å². The van der Waals surface area contributed by atoms with Crippen LogP contribution in [-0.2, 0) is 9.53 Å². The summed E-state index contributed by atoms with van der Waals surface area (Å²) in [5.41, 5.74) is 1.23. The van der Waals surface area contributed by atoms with Crippen molar-refractivity contribution >= 4 is 5.97 Å². The van der Waals surface area contributed by atoms with Crippen LogP contribution < -0.4 is 5.32 Å². The summed E-state index contributed by atoms with van der Waals surface area (Å²) in [6, 6.07) is 3.94. The summed E-state index contributed by atoms with van der Waals surface area (Å²) in [5, 5.41) is 2.90. The van der Waals surface area contributed by atoms with Gasteiger partial charge in [0, 0.05) is 5.56 Å². The maximum Gasteiger partial charge on any atom is 0.327 e. The van der Waals surface area contributed by atoms with Gasteiger partial charge < -0.3 is 10.1 Å². The fourth-order valence-electron chi connectivity index (χ4n) is 1.53. The van der Waals surface area contributed by atoms with E-state index in [-0.39, 0.29) is 0 Å². The molecule has 1 N–H and O–H groups in total. The molecule has 3 nitrogen and oxygen atoms in total. The van der Waals surface area contributed by atoms with Crippen LogP contribution in [0.4, 0.5) is 4.39 Å². The number of hydrogen-bond donors (Lipinski definition) is 1. The van der Waals surface area contributed by atoms with E-state index in [9.17, 15) is 9.18 Å². The molecule has 0 amide bonds. The second kappa shape index (κ2) is 5.61. The smallest absolute Gasteiger partial charge is 0.327 e. The minimum atomic E-state index is -0.741. The van der Waals surface area contributed by atoms with Crippen LogP contribution in [0.25, 0.3) is 0 Å². The van der Waals surface area contributed by atoms with E-state index < -0.39 is 17.8 Å². The molecule has 1 atom stereocenters. The molecule has 88 valence electrons. The summed E-state index contributed by atoms with van der Waals surface area (Å²) in [7, 11) is 1.29. The number of rotatable bonds is 4. The zero-order chi connectivity index (χ0) is 12.1. The second-order valence-corrected chi connectivity index (χ2v) is 3.54. The highest BCUT2D eigenvalue weighted by atomic mass is 19.1. The molecular weight excluding hydrogens is 209 g/mol. The molecule has 0 radical (unpaired) electrons. The van der Waals surface area contributed by atoms with Crippen LogP contribution in [0.15, 0.2) is 18.2 Å². The van der Waals surface area contributed by atoms with Gasteiger partial charge in [0.15, 0.2) is 0 Å². The second-order valence-electron chi connectivity index (χ2n) is 3.54. The summed E-state index contributed by atoms with van der Waals surface area (Å²) in [6.45, 7) is 4.26.